The minimum absolute atomic E-state index is 0.0120. The number of fused-ring (bicyclic) bond motifs is 1. The van der Waals surface area contributed by atoms with E-state index in [1.807, 2.05) is 0 Å². The van der Waals surface area contributed by atoms with Crippen molar-refractivity contribution in [3.8, 4) is 0 Å². The van der Waals surface area contributed by atoms with Crippen molar-refractivity contribution in [2.24, 2.45) is 5.92 Å². The van der Waals surface area contributed by atoms with Gasteiger partial charge < -0.3 is 4.90 Å². The van der Waals surface area contributed by atoms with E-state index in [-0.39, 0.29) is 16.2 Å². The third-order valence-corrected chi connectivity index (χ3v) is 6.14. The molecule has 0 aliphatic carbocycles. The molecule has 1 aliphatic rings. The van der Waals surface area contributed by atoms with Crippen LogP contribution in [0.5, 0.6) is 0 Å². The number of piperidine rings is 1. The van der Waals surface area contributed by atoms with Gasteiger partial charge in [-0.3, -0.25) is 4.79 Å². The van der Waals surface area contributed by atoms with Crippen molar-refractivity contribution in [2.75, 3.05) is 18.8 Å². The maximum absolute atomic E-state index is 13.9. The summed E-state index contributed by atoms with van der Waals surface area (Å²) in [6, 6.07) is 8.81. The molecule has 1 fully saturated rings. The molecule has 0 aromatic heterocycles. The zero-order valence-corrected chi connectivity index (χ0v) is 14.4. The van der Waals surface area contributed by atoms with Crippen LogP contribution in [0.15, 0.2) is 41.3 Å². The lowest BCUT2D eigenvalue weighted by Gasteiger charge is -2.30. The Balaban J connectivity index is 1.91. The van der Waals surface area contributed by atoms with E-state index in [2.05, 4.69) is 6.92 Å². The van der Waals surface area contributed by atoms with E-state index in [4.69, 9.17) is 0 Å². The first-order chi connectivity index (χ1) is 11.4. The third-order valence-electron chi connectivity index (χ3n) is 4.49. The summed E-state index contributed by atoms with van der Waals surface area (Å²) in [6.45, 7) is 3.25. The fourth-order valence-electron chi connectivity index (χ4n) is 3.25. The standard InChI is InChI=1S/C18H20FNO3S/c1-13-5-4-10-20(11-13)18(21)12-24(22,23)17-9-8-16(19)14-6-2-3-7-15(14)17/h2-3,6-9,13H,4-5,10-12H2,1H3. The number of hydrogen-bond donors (Lipinski definition) is 0. The maximum Gasteiger partial charge on any atom is 0.238 e. The van der Waals surface area contributed by atoms with Gasteiger partial charge >= 0.3 is 0 Å². The molecule has 0 saturated carbocycles. The van der Waals surface area contributed by atoms with E-state index in [0.717, 1.165) is 18.9 Å². The average Bonchev–Trinajstić information content (AvgIpc) is 2.55. The number of sulfone groups is 1. The minimum Gasteiger partial charge on any atom is -0.342 e. The number of hydrogen-bond acceptors (Lipinski definition) is 3. The zero-order chi connectivity index (χ0) is 17.3. The van der Waals surface area contributed by atoms with Gasteiger partial charge in [0.15, 0.2) is 9.84 Å². The fraction of sp³-hybridized carbons (Fsp3) is 0.389. The Morgan fingerprint density at radius 3 is 2.62 bits per heavy atom. The molecule has 3 rings (SSSR count). The summed E-state index contributed by atoms with van der Waals surface area (Å²) >= 11 is 0. The Morgan fingerprint density at radius 1 is 1.21 bits per heavy atom. The molecule has 0 spiro atoms. The first-order valence-electron chi connectivity index (χ1n) is 8.06. The van der Waals surface area contributed by atoms with Gasteiger partial charge in [0.25, 0.3) is 0 Å². The van der Waals surface area contributed by atoms with Crippen molar-refractivity contribution in [2.45, 2.75) is 24.7 Å². The third kappa shape index (κ3) is 3.29. The van der Waals surface area contributed by atoms with Crippen LogP contribution >= 0.6 is 0 Å². The quantitative estimate of drug-likeness (QED) is 0.801. The number of benzene rings is 2. The Morgan fingerprint density at radius 2 is 1.92 bits per heavy atom. The van der Waals surface area contributed by atoms with Crippen LogP contribution in [-0.2, 0) is 14.6 Å². The predicted molar refractivity (Wildman–Crippen MR) is 90.9 cm³/mol. The number of nitrogens with zero attached hydrogens (tertiary/aromatic N) is 1. The normalized spacial score (nSPS) is 18.8. The molecular formula is C18H20FNO3S. The lowest BCUT2D eigenvalue weighted by molar-refractivity contribution is -0.130. The first-order valence-corrected chi connectivity index (χ1v) is 9.71. The molecule has 6 heteroatoms. The van der Waals surface area contributed by atoms with Gasteiger partial charge in [0, 0.05) is 23.9 Å². The van der Waals surface area contributed by atoms with E-state index in [1.54, 1.807) is 23.1 Å². The molecule has 128 valence electrons. The second kappa shape index (κ2) is 6.51. The van der Waals surface area contributed by atoms with Crippen molar-refractivity contribution >= 4 is 26.5 Å². The highest BCUT2D eigenvalue weighted by Gasteiger charge is 2.27. The van der Waals surface area contributed by atoms with Crippen LogP contribution in [0.2, 0.25) is 0 Å². The zero-order valence-electron chi connectivity index (χ0n) is 13.5. The highest BCUT2D eigenvalue weighted by Crippen LogP contribution is 2.26. The smallest absolute Gasteiger partial charge is 0.238 e. The van der Waals surface area contributed by atoms with Crippen molar-refractivity contribution < 1.29 is 17.6 Å². The van der Waals surface area contributed by atoms with Crippen LogP contribution in [-0.4, -0.2) is 38.1 Å². The molecule has 1 unspecified atom stereocenters. The molecular weight excluding hydrogens is 329 g/mol. The van der Waals surface area contributed by atoms with Gasteiger partial charge in [-0.05, 0) is 30.9 Å². The topological polar surface area (TPSA) is 54.5 Å². The Labute approximate surface area is 141 Å². The number of carbonyl (C=O) groups excluding carboxylic acids is 1. The van der Waals surface area contributed by atoms with Crippen LogP contribution in [0.25, 0.3) is 10.8 Å². The number of halogens is 1. The second-order valence-corrected chi connectivity index (χ2v) is 8.40. The summed E-state index contributed by atoms with van der Waals surface area (Å²) in [6.07, 6.45) is 1.95. The van der Waals surface area contributed by atoms with Gasteiger partial charge in [-0.25, -0.2) is 12.8 Å². The molecule has 0 bridgehead atoms. The summed E-state index contributed by atoms with van der Waals surface area (Å²) in [4.78, 5) is 14.0. The molecule has 2 aromatic rings. The number of likely N-dealkylation sites (tertiary alicyclic amines) is 1. The highest BCUT2D eigenvalue weighted by molar-refractivity contribution is 7.92. The van der Waals surface area contributed by atoms with E-state index >= 15 is 0 Å². The Hall–Kier alpha value is -1.95. The van der Waals surface area contributed by atoms with Crippen molar-refractivity contribution in [1.29, 1.82) is 0 Å². The lowest BCUT2D eigenvalue weighted by Crippen LogP contribution is -2.42. The predicted octanol–water partition coefficient (Wildman–Crippen LogP) is 3.01. The van der Waals surface area contributed by atoms with Crippen LogP contribution in [0, 0.1) is 11.7 Å². The fourth-order valence-corrected chi connectivity index (χ4v) is 4.70. The van der Waals surface area contributed by atoms with Crippen molar-refractivity contribution in [3.63, 3.8) is 0 Å². The summed E-state index contributed by atoms with van der Waals surface area (Å²) in [5, 5.41) is 0.565. The van der Waals surface area contributed by atoms with Gasteiger partial charge in [0.1, 0.15) is 11.6 Å². The van der Waals surface area contributed by atoms with Crippen LogP contribution < -0.4 is 0 Å². The molecule has 24 heavy (non-hydrogen) atoms. The SMILES string of the molecule is CC1CCCN(C(=O)CS(=O)(=O)c2ccc(F)c3ccccc23)C1. The van der Waals surface area contributed by atoms with Crippen molar-refractivity contribution in [1.82, 2.24) is 4.90 Å². The average molecular weight is 349 g/mol. The van der Waals surface area contributed by atoms with E-state index in [9.17, 15) is 17.6 Å². The Bertz CT molecular complexity index is 879. The molecule has 0 N–H and O–H groups in total. The van der Waals surface area contributed by atoms with Gasteiger partial charge in [-0.15, -0.1) is 0 Å². The molecule has 1 atom stereocenters. The molecule has 1 aliphatic heterocycles. The molecule has 2 aromatic carbocycles. The monoisotopic (exact) mass is 349 g/mol. The minimum atomic E-state index is -3.83. The number of amides is 1. The molecule has 1 heterocycles. The summed E-state index contributed by atoms with van der Waals surface area (Å²) in [7, 11) is -3.83. The first kappa shape index (κ1) is 16.9. The lowest BCUT2D eigenvalue weighted by atomic mass is 10.0. The summed E-state index contributed by atoms with van der Waals surface area (Å²) < 4.78 is 39.3. The van der Waals surface area contributed by atoms with Gasteiger partial charge in [-0.2, -0.15) is 0 Å². The Kier molecular flexibility index (Phi) is 4.58. The maximum atomic E-state index is 13.9. The highest BCUT2D eigenvalue weighted by atomic mass is 32.2. The van der Waals surface area contributed by atoms with Crippen LogP contribution in [0.4, 0.5) is 4.39 Å². The summed E-state index contributed by atoms with van der Waals surface area (Å²) in [5.41, 5.74) is 0. The van der Waals surface area contributed by atoms with Crippen LogP contribution in [0.3, 0.4) is 0 Å². The van der Waals surface area contributed by atoms with Crippen LogP contribution in [0.1, 0.15) is 19.8 Å². The van der Waals surface area contributed by atoms with Gasteiger partial charge in [-0.1, -0.05) is 31.2 Å². The van der Waals surface area contributed by atoms with Gasteiger partial charge in [0.05, 0.1) is 4.90 Å². The number of carbonyl (C=O) groups is 1. The molecule has 1 amide bonds. The van der Waals surface area contributed by atoms with E-state index < -0.39 is 21.4 Å². The molecule has 4 nitrogen and oxygen atoms in total. The van der Waals surface area contributed by atoms with Gasteiger partial charge in [0.2, 0.25) is 5.91 Å². The molecule has 0 radical (unpaired) electrons. The number of rotatable bonds is 3. The molecule has 1 saturated heterocycles. The second-order valence-electron chi connectivity index (χ2n) is 6.44. The largest absolute Gasteiger partial charge is 0.342 e. The summed E-state index contributed by atoms with van der Waals surface area (Å²) in [5.74, 6) is -1.04. The van der Waals surface area contributed by atoms with E-state index in [0.29, 0.717) is 24.4 Å². The van der Waals surface area contributed by atoms with E-state index in [1.165, 1.54) is 12.1 Å². The van der Waals surface area contributed by atoms with Crippen molar-refractivity contribution in [3.05, 3.63) is 42.2 Å².